The van der Waals surface area contributed by atoms with E-state index in [1.807, 2.05) is 18.3 Å². The Kier molecular flexibility index (Phi) is 7.44. The molecule has 2 fully saturated rings. The number of rotatable bonds is 8. The highest BCUT2D eigenvalue weighted by molar-refractivity contribution is 5.93. The summed E-state index contributed by atoms with van der Waals surface area (Å²) < 4.78 is 11.2. The number of carbonyl (C=O) groups excluding carboxylic acids is 1. The Balaban J connectivity index is 1.11. The number of aryl methyl sites for hydroxylation is 1. The summed E-state index contributed by atoms with van der Waals surface area (Å²) in [6, 6.07) is 12.1. The summed E-state index contributed by atoms with van der Waals surface area (Å²) in [5.74, 6) is 1.16. The molecule has 6 rings (SSSR count). The number of amides is 1. The SMILES string of the molecule is Cc1nc(-c2ccc(N3CCCC(C)(NC4CCCCC4Nc4ncc(-c5cccc(C(N)=O)c5)o4)C3)cn2)no1. The first-order valence-electron chi connectivity index (χ1n) is 14.3. The Bertz CT molecular complexity index is 1500. The van der Waals surface area contributed by atoms with Gasteiger partial charge in [-0.25, -0.2) is 4.98 Å². The lowest BCUT2D eigenvalue weighted by atomic mass is 9.84. The first-order valence-corrected chi connectivity index (χ1v) is 14.3. The van der Waals surface area contributed by atoms with Crippen LogP contribution in [-0.2, 0) is 0 Å². The number of oxazole rings is 1. The molecule has 3 unspecified atom stereocenters. The van der Waals surface area contributed by atoms with Crippen LogP contribution >= 0.6 is 0 Å². The molecule has 11 nitrogen and oxygen atoms in total. The van der Waals surface area contributed by atoms with Gasteiger partial charge in [0.1, 0.15) is 5.69 Å². The van der Waals surface area contributed by atoms with Crippen LogP contribution in [0.5, 0.6) is 0 Å². The van der Waals surface area contributed by atoms with Crippen LogP contribution in [0.15, 0.2) is 57.7 Å². The van der Waals surface area contributed by atoms with Crippen molar-refractivity contribution in [1.82, 2.24) is 25.4 Å². The molecule has 1 saturated heterocycles. The van der Waals surface area contributed by atoms with Gasteiger partial charge in [0, 0.05) is 48.8 Å². The summed E-state index contributed by atoms with van der Waals surface area (Å²) in [7, 11) is 0. The first-order chi connectivity index (χ1) is 19.8. The van der Waals surface area contributed by atoms with Gasteiger partial charge in [0.25, 0.3) is 6.01 Å². The molecule has 3 aromatic heterocycles. The Morgan fingerprint density at radius 2 is 1.95 bits per heavy atom. The van der Waals surface area contributed by atoms with Gasteiger partial charge in [0.2, 0.25) is 17.6 Å². The van der Waals surface area contributed by atoms with E-state index in [1.54, 1.807) is 31.3 Å². The lowest BCUT2D eigenvalue weighted by Crippen LogP contribution is -2.61. The Hall–Kier alpha value is -4.25. The topological polar surface area (TPSA) is 148 Å². The molecular weight excluding hydrogens is 520 g/mol. The van der Waals surface area contributed by atoms with E-state index in [1.165, 1.54) is 6.42 Å². The number of nitrogens with zero attached hydrogens (tertiary/aromatic N) is 5. The van der Waals surface area contributed by atoms with Gasteiger partial charge >= 0.3 is 0 Å². The molecule has 3 atom stereocenters. The minimum absolute atomic E-state index is 0.0550. The van der Waals surface area contributed by atoms with E-state index in [2.05, 4.69) is 48.6 Å². The molecule has 11 heteroatoms. The monoisotopic (exact) mass is 556 g/mol. The zero-order chi connectivity index (χ0) is 28.4. The molecule has 0 radical (unpaired) electrons. The molecule has 41 heavy (non-hydrogen) atoms. The number of nitrogens with one attached hydrogen (secondary N) is 2. The van der Waals surface area contributed by atoms with Crippen molar-refractivity contribution in [2.75, 3.05) is 23.3 Å². The van der Waals surface area contributed by atoms with E-state index in [4.69, 9.17) is 14.7 Å². The molecular formula is C30H36N8O3. The van der Waals surface area contributed by atoms with Crippen LogP contribution in [0.25, 0.3) is 22.8 Å². The van der Waals surface area contributed by atoms with Gasteiger partial charge in [-0.3, -0.25) is 9.78 Å². The van der Waals surface area contributed by atoms with Crippen molar-refractivity contribution < 1.29 is 13.7 Å². The number of piperidine rings is 1. The third-order valence-corrected chi connectivity index (χ3v) is 8.11. The van der Waals surface area contributed by atoms with Crippen molar-refractivity contribution in [3.63, 3.8) is 0 Å². The quantitative estimate of drug-likeness (QED) is 0.282. The van der Waals surface area contributed by atoms with Crippen LogP contribution in [0.1, 0.15) is 61.7 Å². The number of primary amides is 1. The van der Waals surface area contributed by atoms with Gasteiger partial charge in [-0.1, -0.05) is 30.1 Å². The standard InChI is InChI=1S/C30H36N8O3/c1-19-34-28(37-41-19)25-12-11-22(16-32-25)38-14-6-13-30(2,18-38)36-24-10-4-3-9-23(24)35-29-33-17-26(40-29)20-7-5-8-21(15-20)27(31)39/h5,7-8,11-12,15-17,23-24,36H,3-4,6,9-10,13-14,18H2,1-2H3,(H2,31,39)(H,33,35). The maximum atomic E-state index is 11.6. The number of pyridine rings is 1. The Morgan fingerprint density at radius 1 is 1.10 bits per heavy atom. The maximum absolute atomic E-state index is 11.6. The molecule has 1 saturated carbocycles. The second kappa shape index (κ2) is 11.3. The summed E-state index contributed by atoms with van der Waals surface area (Å²) >= 11 is 0. The predicted molar refractivity (Wildman–Crippen MR) is 155 cm³/mol. The van der Waals surface area contributed by atoms with Crippen LogP contribution in [0.2, 0.25) is 0 Å². The van der Waals surface area contributed by atoms with E-state index in [0.717, 1.165) is 56.4 Å². The molecule has 1 aromatic carbocycles. The lowest BCUT2D eigenvalue weighted by molar-refractivity contribution is 0.100. The van der Waals surface area contributed by atoms with E-state index >= 15 is 0 Å². The zero-order valence-electron chi connectivity index (χ0n) is 23.5. The summed E-state index contributed by atoms with van der Waals surface area (Å²) in [5.41, 5.74) is 8.39. The highest BCUT2D eigenvalue weighted by Gasteiger charge is 2.36. The van der Waals surface area contributed by atoms with Crippen LogP contribution in [0, 0.1) is 6.92 Å². The average molecular weight is 557 g/mol. The fourth-order valence-electron chi connectivity index (χ4n) is 6.07. The van der Waals surface area contributed by atoms with Crippen molar-refractivity contribution in [2.45, 2.75) is 70.0 Å². The Morgan fingerprint density at radius 3 is 2.71 bits per heavy atom. The summed E-state index contributed by atoms with van der Waals surface area (Å²) in [6.45, 7) is 5.97. The van der Waals surface area contributed by atoms with E-state index in [9.17, 15) is 4.79 Å². The molecule has 214 valence electrons. The largest absolute Gasteiger partial charge is 0.424 e. The van der Waals surface area contributed by atoms with Gasteiger partial charge in [-0.2, -0.15) is 4.98 Å². The summed E-state index contributed by atoms with van der Waals surface area (Å²) in [4.78, 5) is 27.4. The molecule has 1 aliphatic carbocycles. The van der Waals surface area contributed by atoms with Crippen molar-refractivity contribution in [3.05, 3.63) is 60.2 Å². The van der Waals surface area contributed by atoms with Gasteiger partial charge in [0.05, 0.1) is 18.1 Å². The van der Waals surface area contributed by atoms with E-state index in [0.29, 0.717) is 34.7 Å². The number of carbonyl (C=O) groups is 1. The smallest absolute Gasteiger partial charge is 0.295 e. The predicted octanol–water partition coefficient (Wildman–Crippen LogP) is 4.57. The van der Waals surface area contributed by atoms with Crippen LogP contribution in [0.3, 0.4) is 0 Å². The second-order valence-electron chi connectivity index (χ2n) is 11.4. The minimum atomic E-state index is -0.470. The molecule has 1 amide bonds. The molecule has 1 aliphatic heterocycles. The third-order valence-electron chi connectivity index (χ3n) is 8.11. The van der Waals surface area contributed by atoms with Gasteiger partial charge in [-0.15, -0.1) is 0 Å². The number of benzene rings is 1. The number of hydrogen-bond donors (Lipinski definition) is 3. The normalized spacial score (nSPS) is 22.9. The average Bonchev–Trinajstić information content (AvgIpc) is 3.63. The van der Waals surface area contributed by atoms with E-state index < -0.39 is 5.91 Å². The van der Waals surface area contributed by atoms with E-state index in [-0.39, 0.29) is 17.6 Å². The molecule has 2 aliphatic rings. The number of hydrogen-bond acceptors (Lipinski definition) is 10. The number of anilines is 2. The van der Waals surface area contributed by atoms with Crippen molar-refractivity contribution in [3.8, 4) is 22.8 Å². The van der Waals surface area contributed by atoms with Crippen molar-refractivity contribution in [1.29, 1.82) is 0 Å². The number of nitrogens with two attached hydrogens (primary N) is 1. The van der Waals surface area contributed by atoms with Crippen molar-refractivity contribution in [2.24, 2.45) is 5.73 Å². The highest BCUT2D eigenvalue weighted by atomic mass is 16.5. The van der Waals surface area contributed by atoms with Crippen LogP contribution in [0.4, 0.5) is 11.7 Å². The summed E-state index contributed by atoms with van der Waals surface area (Å²) in [6.07, 6.45) is 10.2. The highest BCUT2D eigenvalue weighted by Crippen LogP contribution is 2.31. The fraction of sp³-hybridized carbons (Fsp3) is 0.433. The molecule has 0 bridgehead atoms. The minimum Gasteiger partial charge on any atom is -0.424 e. The zero-order valence-corrected chi connectivity index (χ0v) is 23.5. The fourth-order valence-corrected chi connectivity index (χ4v) is 6.07. The van der Waals surface area contributed by atoms with Crippen molar-refractivity contribution >= 4 is 17.6 Å². The first kappa shape index (κ1) is 26.9. The van der Waals surface area contributed by atoms with Crippen LogP contribution < -0.4 is 21.3 Å². The third kappa shape index (κ3) is 6.09. The van der Waals surface area contributed by atoms with Gasteiger partial charge < -0.3 is 30.2 Å². The summed E-state index contributed by atoms with van der Waals surface area (Å²) in [5, 5.41) is 11.6. The maximum Gasteiger partial charge on any atom is 0.295 e. The Labute approximate surface area is 238 Å². The molecule has 4 aromatic rings. The van der Waals surface area contributed by atoms with Gasteiger partial charge in [-0.05, 0) is 56.9 Å². The molecule has 4 N–H and O–H groups in total. The second-order valence-corrected chi connectivity index (χ2v) is 11.4. The number of aromatic nitrogens is 4. The van der Waals surface area contributed by atoms with Crippen LogP contribution in [-0.4, -0.2) is 56.7 Å². The molecule has 0 spiro atoms. The molecule has 4 heterocycles. The van der Waals surface area contributed by atoms with Gasteiger partial charge in [0.15, 0.2) is 5.76 Å². The lowest BCUT2D eigenvalue weighted by Gasteiger charge is -2.46.